The molecule has 3 N–H and O–H groups in total. The summed E-state index contributed by atoms with van der Waals surface area (Å²) in [6, 6.07) is 4.89. The van der Waals surface area contributed by atoms with Gasteiger partial charge in [-0.2, -0.15) is 0 Å². The Morgan fingerprint density at radius 3 is 2.84 bits per heavy atom. The van der Waals surface area contributed by atoms with Gasteiger partial charge in [-0.25, -0.2) is 4.79 Å². The number of amides is 1. The van der Waals surface area contributed by atoms with Crippen molar-refractivity contribution in [1.82, 2.24) is 5.32 Å². The van der Waals surface area contributed by atoms with Crippen LogP contribution in [0.4, 0.5) is 5.69 Å². The molecule has 1 aromatic carbocycles. The number of nitrogens with two attached hydrogens (primary N) is 1. The van der Waals surface area contributed by atoms with Crippen molar-refractivity contribution in [2.75, 3.05) is 12.3 Å². The lowest BCUT2D eigenvalue weighted by atomic mass is 10.2. The molecule has 0 radical (unpaired) electrons. The summed E-state index contributed by atoms with van der Waals surface area (Å²) in [4.78, 5) is 23.1. The second-order valence-corrected chi connectivity index (χ2v) is 4.90. The predicted molar refractivity (Wildman–Crippen MR) is 71.9 cm³/mol. The quantitative estimate of drug-likeness (QED) is 0.637. The first-order chi connectivity index (χ1) is 9.06. The Kier molecular flexibility index (Phi) is 4.27. The Labute approximate surface area is 116 Å². The van der Waals surface area contributed by atoms with Crippen molar-refractivity contribution in [3.63, 3.8) is 0 Å². The van der Waals surface area contributed by atoms with Gasteiger partial charge in [0.15, 0.2) is 0 Å². The van der Waals surface area contributed by atoms with Crippen LogP contribution in [0.25, 0.3) is 0 Å². The van der Waals surface area contributed by atoms with Gasteiger partial charge in [0.25, 0.3) is 0 Å². The molecule has 1 aliphatic carbocycles. The number of nitrogen functional groups attached to an aromatic ring is 1. The van der Waals surface area contributed by atoms with E-state index in [1.807, 2.05) is 0 Å². The Morgan fingerprint density at radius 1 is 1.42 bits per heavy atom. The molecule has 1 amide bonds. The van der Waals surface area contributed by atoms with Crippen LogP contribution in [-0.2, 0) is 9.53 Å². The Hall–Kier alpha value is -1.75. The van der Waals surface area contributed by atoms with Crippen LogP contribution in [0.1, 0.15) is 29.6 Å². The molecule has 19 heavy (non-hydrogen) atoms. The minimum atomic E-state index is -0.570. The Balaban J connectivity index is 1.80. The number of esters is 1. The molecule has 6 heteroatoms. The summed E-state index contributed by atoms with van der Waals surface area (Å²) in [5, 5.41) is 3.22. The molecule has 1 saturated carbocycles. The minimum absolute atomic E-state index is 0.0311. The molecule has 102 valence electrons. The van der Waals surface area contributed by atoms with E-state index in [0.29, 0.717) is 16.8 Å². The van der Waals surface area contributed by atoms with Crippen LogP contribution in [0.3, 0.4) is 0 Å². The highest BCUT2D eigenvalue weighted by Gasteiger charge is 2.23. The maximum Gasteiger partial charge on any atom is 0.340 e. The third kappa shape index (κ3) is 4.13. The van der Waals surface area contributed by atoms with Crippen molar-refractivity contribution in [3.8, 4) is 0 Å². The molecule has 5 nitrogen and oxygen atoms in total. The predicted octanol–water partition coefficient (Wildman–Crippen LogP) is 1.75. The summed E-state index contributed by atoms with van der Waals surface area (Å²) in [7, 11) is 0. The average Bonchev–Trinajstić information content (AvgIpc) is 3.16. The Bertz CT molecular complexity index is 501. The highest BCUT2D eigenvalue weighted by Crippen LogP contribution is 2.19. The number of hydrogen-bond donors (Lipinski definition) is 2. The lowest BCUT2D eigenvalue weighted by Crippen LogP contribution is -2.26. The van der Waals surface area contributed by atoms with Gasteiger partial charge in [-0.3, -0.25) is 4.79 Å². The van der Waals surface area contributed by atoms with Crippen molar-refractivity contribution in [3.05, 3.63) is 28.8 Å². The lowest BCUT2D eigenvalue weighted by Gasteiger charge is -2.07. The molecule has 0 aliphatic heterocycles. The molecule has 0 bridgehead atoms. The number of ether oxygens (including phenoxy) is 1. The topological polar surface area (TPSA) is 81.4 Å². The third-order valence-electron chi connectivity index (χ3n) is 2.74. The van der Waals surface area contributed by atoms with Crippen LogP contribution in [0, 0.1) is 0 Å². The van der Waals surface area contributed by atoms with Crippen molar-refractivity contribution >= 4 is 29.2 Å². The maximum atomic E-state index is 11.7. The smallest absolute Gasteiger partial charge is 0.340 e. The summed E-state index contributed by atoms with van der Waals surface area (Å²) >= 11 is 5.78. The average molecular weight is 283 g/mol. The highest BCUT2D eigenvalue weighted by atomic mass is 35.5. The van der Waals surface area contributed by atoms with Crippen LogP contribution in [0.5, 0.6) is 0 Å². The van der Waals surface area contributed by atoms with Crippen molar-refractivity contribution in [2.45, 2.75) is 25.3 Å². The SMILES string of the molecule is Nc1ccc(Cl)cc1C(=O)OCCC(=O)NC1CC1. The van der Waals surface area contributed by atoms with Gasteiger partial charge in [0.2, 0.25) is 5.91 Å². The molecule has 0 heterocycles. The van der Waals surface area contributed by atoms with Crippen molar-refractivity contribution < 1.29 is 14.3 Å². The summed E-state index contributed by atoms with van der Waals surface area (Å²) in [6.45, 7) is 0.0311. The molecule has 1 fully saturated rings. The number of hydrogen-bond acceptors (Lipinski definition) is 4. The zero-order valence-electron chi connectivity index (χ0n) is 10.3. The van der Waals surface area contributed by atoms with Gasteiger partial charge in [-0.1, -0.05) is 11.6 Å². The molecule has 2 rings (SSSR count). The van der Waals surface area contributed by atoms with Gasteiger partial charge >= 0.3 is 5.97 Å². The molecular formula is C13H15ClN2O3. The van der Waals surface area contributed by atoms with E-state index in [1.54, 1.807) is 12.1 Å². The number of anilines is 1. The van der Waals surface area contributed by atoms with Gasteiger partial charge < -0.3 is 15.8 Å². The van der Waals surface area contributed by atoms with Crippen LogP contribution in [0.2, 0.25) is 5.02 Å². The van der Waals surface area contributed by atoms with E-state index < -0.39 is 5.97 Å². The van der Waals surface area contributed by atoms with Gasteiger partial charge in [-0.05, 0) is 31.0 Å². The zero-order valence-corrected chi connectivity index (χ0v) is 11.1. The molecule has 0 saturated heterocycles. The standard InChI is InChI=1S/C13H15ClN2O3/c14-8-1-4-11(15)10(7-8)13(18)19-6-5-12(17)16-9-2-3-9/h1,4,7,9H,2-3,5-6,15H2,(H,16,17). The Morgan fingerprint density at radius 2 is 2.16 bits per heavy atom. The van der Waals surface area contributed by atoms with Crippen LogP contribution in [-0.4, -0.2) is 24.5 Å². The number of halogens is 1. The van der Waals surface area contributed by atoms with Gasteiger partial charge in [0.1, 0.15) is 6.61 Å². The fourth-order valence-electron chi connectivity index (χ4n) is 1.55. The monoisotopic (exact) mass is 282 g/mol. The second kappa shape index (κ2) is 5.93. The summed E-state index contributed by atoms with van der Waals surface area (Å²) in [6.07, 6.45) is 2.22. The molecule has 0 atom stereocenters. The van der Waals surface area contributed by atoms with Crippen molar-refractivity contribution in [1.29, 1.82) is 0 Å². The first-order valence-corrected chi connectivity index (χ1v) is 6.45. The van der Waals surface area contributed by atoms with E-state index >= 15 is 0 Å². The molecular weight excluding hydrogens is 268 g/mol. The second-order valence-electron chi connectivity index (χ2n) is 4.46. The van der Waals surface area contributed by atoms with Gasteiger partial charge in [0, 0.05) is 16.8 Å². The fraction of sp³-hybridized carbons (Fsp3) is 0.385. The normalized spacial score (nSPS) is 13.9. The van der Waals surface area contributed by atoms with E-state index in [9.17, 15) is 9.59 Å². The van der Waals surface area contributed by atoms with Gasteiger partial charge in [0.05, 0.1) is 12.0 Å². The molecule has 0 aromatic heterocycles. The van der Waals surface area contributed by atoms with E-state index in [1.165, 1.54) is 6.07 Å². The molecule has 1 aromatic rings. The fourth-order valence-corrected chi connectivity index (χ4v) is 1.72. The number of carbonyl (C=O) groups excluding carboxylic acids is 2. The van der Waals surface area contributed by atoms with E-state index in [2.05, 4.69) is 5.32 Å². The molecule has 0 unspecified atom stereocenters. The van der Waals surface area contributed by atoms with Crippen LogP contribution >= 0.6 is 11.6 Å². The van der Waals surface area contributed by atoms with Gasteiger partial charge in [-0.15, -0.1) is 0 Å². The van der Waals surface area contributed by atoms with E-state index in [4.69, 9.17) is 22.1 Å². The largest absolute Gasteiger partial charge is 0.461 e. The van der Waals surface area contributed by atoms with E-state index in [-0.39, 0.29) is 24.5 Å². The maximum absolute atomic E-state index is 11.7. The highest BCUT2D eigenvalue weighted by molar-refractivity contribution is 6.31. The zero-order chi connectivity index (χ0) is 13.8. The first-order valence-electron chi connectivity index (χ1n) is 6.08. The molecule has 1 aliphatic rings. The van der Waals surface area contributed by atoms with E-state index in [0.717, 1.165) is 12.8 Å². The number of rotatable bonds is 5. The summed E-state index contributed by atoms with van der Waals surface area (Å²) in [5.74, 6) is -0.673. The number of carbonyl (C=O) groups is 2. The van der Waals surface area contributed by atoms with Crippen molar-refractivity contribution in [2.24, 2.45) is 0 Å². The van der Waals surface area contributed by atoms with Crippen LogP contribution in [0.15, 0.2) is 18.2 Å². The molecule has 0 spiro atoms. The lowest BCUT2D eigenvalue weighted by molar-refractivity contribution is -0.121. The van der Waals surface area contributed by atoms with Crippen LogP contribution < -0.4 is 11.1 Å². The third-order valence-corrected chi connectivity index (χ3v) is 2.98. The minimum Gasteiger partial charge on any atom is -0.461 e. The first kappa shape index (κ1) is 13.7. The number of benzene rings is 1. The summed E-state index contributed by atoms with van der Waals surface area (Å²) in [5.41, 5.74) is 6.18. The number of nitrogens with one attached hydrogen (secondary N) is 1. The summed E-state index contributed by atoms with van der Waals surface area (Å²) < 4.78 is 5.00.